The summed E-state index contributed by atoms with van der Waals surface area (Å²) in [5, 5.41) is 8.77. The third-order valence-corrected chi connectivity index (χ3v) is 5.55. The number of benzene rings is 2. The predicted octanol–water partition coefficient (Wildman–Crippen LogP) is 3.63. The summed E-state index contributed by atoms with van der Waals surface area (Å²) < 4.78 is 10.5. The minimum absolute atomic E-state index is 0.359. The van der Waals surface area contributed by atoms with E-state index in [4.69, 9.17) is 9.47 Å². The number of amides is 2. The summed E-state index contributed by atoms with van der Waals surface area (Å²) >= 11 is 0. The van der Waals surface area contributed by atoms with Crippen LogP contribution in [-0.2, 0) is 0 Å². The molecular formula is C24H29N7O3. The van der Waals surface area contributed by atoms with E-state index >= 15 is 0 Å². The van der Waals surface area contributed by atoms with Crippen molar-refractivity contribution in [3.63, 3.8) is 0 Å². The van der Waals surface area contributed by atoms with Crippen LogP contribution in [0.15, 0.2) is 54.9 Å². The summed E-state index contributed by atoms with van der Waals surface area (Å²) in [6.45, 7) is 4.08. The van der Waals surface area contributed by atoms with Crippen LogP contribution in [0.3, 0.4) is 0 Å². The van der Waals surface area contributed by atoms with E-state index in [-0.39, 0.29) is 0 Å². The second-order valence-electron chi connectivity index (χ2n) is 7.90. The zero-order chi connectivity index (χ0) is 23.9. The van der Waals surface area contributed by atoms with Crippen molar-refractivity contribution >= 4 is 34.7 Å². The molecule has 4 rings (SSSR count). The molecule has 0 saturated carbocycles. The molecule has 0 radical (unpaired) electrons. The van der Waals surface area contributed by atoms with Gasteiger partial charge < -0.3 is 29.9 Å². The fraction of sp³-hybridized carbons (Fsp3) is 0.292. The Bertz CT molecular complexity index is 1130. The smallest absolute Gasteiger partial charge is 0.324 e. The Kier molecular flexibility index (Phi) is 7.28. The number of nitrogens with one attached hydrogen (secondary N) is 3. The largest absolute Gasteiger partial charge is 0.497 e. The monoisotopic (exact) mass is 463 g/mol. The highest BCUT2D eigenvalue weighted by atomic mass is 16.5. The van der Waals surface area contributed by atoms with Gasteiger partial charge in [0.1, 0.15) is 29.5 Å². The molecule has 2 heterocycles. The van der Waals surface area contributed by atoms with Crippen LogP contribution in [-0.4, -0.2) is 68.3 Å². The number of carbonyl (C=O) groups excluding carboxylic acids is 1. The standard InChI is InChI=1S/C24H29N7O3/c1-30-9-11-31(12-10-30)18-6-4-5-17(13-18)27-22-15-23(26-16-25-22)29-24(32)28-20-8-7-19(33-2)14-21(20)34-3/h4-8,13-16H,9-12H2,1-3H3,(H3,25,26,27,28,29,32). The predicted molar refractivity (Wildman–Crippen MR) is 134 cm³/mol. The van der Waals surface area contributed by atoms with Gasteiger partial charge in [0.2, 0.25) is 0 Å². The van der Waals surface area contributed by atoms with Crippen molar-refractivity contribution < 1.29 is 14.3 Å². The van der Waals surface area contributed by atoms with Crippen LogP contribution in [0.4, 0.5) is 33.5 Å². The fourth-order valence-corrected chi connectivity index (χ4v) is 3.66. The van der Waals surface area contributed by atoms with Crippen LogP contribution in [0.5, 0.6) is 11.5 Å². The maximum Gasteiger partial charge on any atom is 0.324 e. The lowest BCUT2D eigenvalue weighted by Gasteiger charge is -2.34. The summed E-state index contributed by atoms with van der Waals surface area (Å²) in [5.74, 6) is 2.05. The number of piperazine rings is 1. The summed E-state index contributed by atoms with van der Waals surface area (Å²) in [6.07, 6.45) is 1.40. The summed E-state index contributed by atoms with van der Waals surface area (Å²) in [4.78, 5) is 25.6. The molecule has 10 heteroatoms. The molecule has 1 aliphatic rings. The van der Waals surface area contributed by atoms with E-state index in [2.05, 4.69) is 54.9 Å². The van der Waals surface area contributed by atoms with E-state index in [1.165, 1.54) is 19.1 Å². The number of carbonyl (C=O) groups is 1. The first-order chi connectivity index (χ1) is 16.5. The SMILES string of the molecule is COc1ccc(NC(=O)Nc2cc(Nc3cccc(N4CCN(C)CC4)c3)ncn2)c(OC)c1. The van der Waals surface area contributed by atoms with Gasteiger partial charge in [-0.25, -0.2) is 14.8 Å². The van der Waals surface area contributed by atoms with E-state index in [1.54, 1.807) is 31.4 Å². The van der Waals surface area contributed by atoms with Gasteiger partial charge in [0, 0.05) is 49.7 Å². The van der Waals surface area contributed by atoms with Crippen molar-refractivity contribution in [2.24, 2.45) is 0 Å². The minimum atomic E-state index is -0.454. The quantitative estimate of drug-likeness (QED) is 0.488. The van der Waals surface area contributed by atoms with Crippen molar-refractivity contribution in [3.8, 4) is 11.5 Å². The Morgan fingerprint density at radius 1 is 0.912 bits per heavy atom. The van der Waals surface area contributed by atoms with Crippen molar-refractivity contribution in [2.75, 3.05) is 68.3 Å². The van der Waals surface area contributed by atoms with Crippen LogP contribution < -0.4 is 30.3 Å². The van der Waals surface area contributed by atoms with Crippen LogP contribution >= 0.6 is 0 Å². The summed E-state index contributed by atoms with van der Waals surface area (Å²) in [6, 6.07) is 14.6. The Morgan fingerprint density at radius 2 is 1.71 bits per heavy atom. The van der Waals surface area contributed by atoms with Gasteiger partial charge in [0.15, 0.2) is 0 Å². The Balaban J connectivity index is 1.40. The topological polar surface area (TPSA) is 104 Å². The zero-order valence-electron chi connectivity index (χ0n) is 19.5. The third-order valence-electron chi connectivity index (χ3n) is 5.55. The van der Waals surface area contributed by atoms with Crippen molar-refractivity contribution in [1.82, 2.24) is 14.9 Å². The number of hydrogen-bond donors (Lipinski definition) is 3. The first-order valence-electron chi connectivity index (χ1n) is 11.0. The second-order valence-corrected chi connectivity index (χ2v) is 7.90. The fourth-order valence-electron chi connectivity index (χ4n) is 3.66. The Hall–Kier alpha value is -4.05. The molecule has 178 valence electrons. The van der Waals surface area contributed by atoms with E-state index < -0.39 is 6.03 Å². The summed E-state index contributed by atoms with van der Waals surface area (Å²) in [5.41, 5.74) is 2.58. The minimum Gasteiger partial charge on any atom is -0.497 e. The van der Waals surface area contributed by atoms with Crippen LogP contribution in [0.2, 0.25) is 0 Å². The molecule has 34 heavy (non-hydrogen) atoms. The maximum atomic E-state index is 12.5. The average Bonchev–Trinajstić information content (AvgIpc) is 2.85. The highest BCUT2D eigenvalue weighted by Crippen LogP contribution is 2.29. The highest BCUT2D eigenvalue weighted by Gasteiger charge is 2.15. The normalized spacial score (nSPS) is 13.8. The molecule has 0 aliphatic carbocycles. The number of ether oxygens (including phenoxy) is 2. The lowest BCUT2D eigenvalue weighted by atomic mass is 10.2. The van der Waals surface area contributed by atoms with Gasteiger partial charge in [0.05, 0.1) is 19.9 Å². The number of nitrogens with zero attached hydrogens (tertiary/aromatic N) is 4. The molecule has 2 amide bonds. The summed E-state index contributed by atoms with van der Waals surface area (Å²) in [7, 11) is 5.24. The van der Waals surface area contributed by atoms with E-state index in [0.717, 1.165) is 31.9 Å². The maximum absolute atomic E-state index is 12.5. The third kappa shape index (κ3) is 5.84. The first kappa shape index (κ1) is 23.1. The number of methoxy groups -OCH3 is 2. The number of rotatable bonds is 7. The van der Waals surface area contributed by atoms with E-state index in [0.29, 0.717) is 28.8 Å². The number of urea groups is 1. The van der Waals surface area contributed by atoms with E-state index in [9.17, 15) is 4.79 Å². The first-order valence-corrected chi connectivity index (χ1v) is 11.0. The molecule has 10 nitrogen and oxygen atoms in total. The number of anilines is 5. The Labute approximate surface area is 198 Å². The Morgan fingerprint density at radius 3 is 2.47 bits per heavy atom. The van der Waals surface area contributed by atoms with Crippen LogP contribution in [0.1, 0.15) is 0 Å². The molecule has 0 bridgehead atoms. The van der Waals surface area contributed by atoms with Crippen molar-refractivity contribution in [3.05, 3.63) is 54.9 Å². The second kappa shape index (κ2) is 10.7. The highest BCUT2D eigenvalue weighted by molar-refractivity contribution is 6.00. The van der Waals surface area contributed by atoms with Crippen LogP contribution in [0.25, 0.3) is 0 Å². The van der Waals surface area contributed by atoms with Crippen molar-refractivity contribution in [1.29, 1.82) is 0 Å². The molecule has 3 aromatic rings. The molecule has 0 atom stereocenters. The molecule has 1 aliphatic heterocycles. The molecular weight excluding hydrogens is 434 g/mol. The molecule has 1 fully saturated rings. The number of hydrogen-bond acceptors (Lipinski definition) is 8. The van der Waals surface area contributed by atoms with E-state index in [1.807, 2.05) is 12.1 Å². The van der Waals surface area contributed by atoms with Crippen LogP contribution in [0, 0.1) is 0 Å². The molecule has 1 aromatic heterocycles. The molecule has 0 spiro atoms. The number of aromatic nitrogens is 2. The molecule has 0 unspecified atom stereocenters. The van der Waals surface area contributed by atoms with Gasteiger partial charge in [-0.1, -0.05) is 6.07 Å². The molecule has 1 saturated heterocycles. The van der Waals surface area contributed by atoms with Gasteiger partial charge in [-0.2, -0.15) is 0 Å². The average molecular weight is 464 g/mol. The van der Waals surface area contributed by atoms with Gasteiger partial charge in [-0.05, 0) is 37.4 Å². The van der Waals surface area contributed by atoms with Gasteiger partial charge in [-0.3, -0.25) is 5.32 Å². The van der Waals surface area contributed by atoms with Gasteiger partial charge in [-0.15, -0.1) is 0 Å². The molecule has 3 N–H and O–H groups in total. The zero-order valence-corrected chi connectivity index (χ0v) is 19.5. The lowest BCUT2D eigenvalue weighted by molar-refractivity contribution is 0.262. The molecule has 2 aromatic carbocycles. The van der Waals surface area contributed by atoms with Gasteiger partial charge in [0.25, 0.3) is 0 Å². The van der Waals surface area contributed by atoms with Crippen molar-refractivity contribution in [2.45, 2.75) is 0 Å². The van der Waals surface area contributed by atoms with Gasteiger partial charge >= 0.3 is 6.03 Å². The lowest BCUT2D eigenvalue weighted by Crippen LogP contribution is -2.44. The number of likely N-dealkylation sites (N-methyl/N-ethyl adjacent to an activating group) is 1.